The van der Waals surface area contributed by atoms with Crippen molar-refractivity contribution in [2.24, 2.45) is 0 Å². The third-order valence-corrected chi connectivity index (χ3v) is 4.98. The van der Waals surface area contributed by atoms with Crippen molar-refractivity contribution >= 4 is 0 Å². The maximum atomic E-state index is 12.8. The Hall–Kier alpha value is -1.10. The minimum atomic E-state index is -4.26. The summed E-state index contributed by atoms with van der Waals surface area (Å²) in [6.45, 7) is 3.89. The number of hydrogen-bond acceptors (Lipinski definition) is 0. The van der Waals surface area contributed by atoms with E-state index in [1.807, 2.05) is 0 Å². The number of benzene rings is 1. The Morgan fingerprint density at radius 2 is 1.33 bits per heavy atom. The van der Waals surface area contributed by atoms with E-state index in [1.165, 1.54) is 69.9 Å². The number of nitrogens with zero attached hydrogens (tertiary/aromatic N) is 1. The molecule has 158 valence electrons. The van der Waals surface area contributed by atoms with Gasteiger partial charge in [0.05, 0.1) is 26.2 Å². The van der Waals surface area contributed by atoms with Crippen molar-refractivity contribution in [1.29, 1.82) is 0 Å². The molecule has 0 spiro atoms. The highest BCUT2D eigenvalue weighted by Gasteiger charge is 2.30. The molecule has 27 heavy (non-hydrogen) atoms. The lowest BCUT2D eigenvalue weighted by Gasteiger charge is -2.30. The fourth-order valence-electron chi connectivity index (χ4n) is 3.45. The first kappa shape index (κ1) is 25.9. The summed E-state index contributed by atoms with van der Waals surface area (Å²) in [6, 6.07) is 5.75. The van der Waals surface area contributed by atoms with Gasteiger partial charge in [0.2, 0.25) is 0 Å². The van der Waals surface area contributed by atoms with Crippen LogP contribution < -0.4 is 4.70 Å². The van der Waals surface area contributed by atoms with Gasteiger partial charge in [-0.05, 0) is 25.0 Å². The van der Waals surface area contributed by atoms with Gasteiger partial charge in [0, 0.05) is 5.56 Å². The van der Waals surface area contributed by atoms with E-state index >= 15 is 0 Å². The highest BCUT2D eigenvalue weighted by molar-refractivity contribution is 5.25. The zero-order chi connectivity index (χ0) is 19.5. The van der Waals surface area contributed by atoms with Crippen molar-refractivity contribution in [3.8, 4) is 0 Å². The average molecular weight is 392 g/mol. The second kappa shape index (κ2) is 13.1. The van der Waals surface area contributed by atoms with Crippen LogP contribution in [0.4, 0.5) is 13.2 Å². The standard InChI is InChI=1S/C22H37F3N.FH/c1-4-5-6-7-8-9-10-11-12-13-17-26(2,3)19-20-15-14-16-21(18-20)22(23,24)25;/h14-16,18H,4-13,17,19H2,1-3H3;1H/q+1;/p-1. The predicted octanol–water partition coefficient (Wildman–Crippen LogP) is 4.21. The summed E-state index contributed by atoms with van der Waals surface area (Å²) >= 11 is 0. The molecule has 0 bridgehead atoms. The Morgan fingerprint density at radius 1 is 0.815 bits per heavy atom. The van der Waals surface area contributed by atoms with Gasteiger partial charge in [-0.1, -0.05) is 70.4 Å². The van der Waals surface area contributed by atoms with Crippen molar-refractivity contribution in [3.63, 3.8) is 0 Å². The van der Waals surface area contributed by atoms with Crippen LogP contribution in [-0.2, 0) is 12.7 Å². The van der Waals surface area contributed by atoms with Gasteiger partial charge in [-0.3, -0.25) is 0 Å². The molecule has 1 aromatic carbocycles. The topological polar surface area (TPSA) is 0 Å². The lowest BCUT2D eigenvalue weighted by atomic mass is 10.1. The summed E-state index contributed by atoms with van der Waals surface area (Å²) in [5.41, 5.74) is 0.214. The van der Waals surface area contributed by atoms with Gasteiger partial charge in [0.1, 0.15) is 6.54 Å². The van der Waals surface area contributed by atoms with Gasteiger partial charge in [-0.15, -0.1) is 0 Å². The molecule has 0 saturated heterocycles. The van der Waals surface area contributed by atoms with Crippen LogP contribution in [0.15, 0.2) is 24.3 Å². The van der Waals surface area contributed by atoms with E-state index in [0.717, 1.165) is 29.1 Å². The summed E-state index contributed by atoms with van der Waals surface area (Å²) in [4.78, 5) is 0. The van der Waals surface area contributed by atoms with Crippen LogP contribution in [0.3, 0.4) is 0 Å². The van der Waals surface area contributed by atoms with Gasteiger partial charge >= 0.3 is 6.18 Å². The number of unbranched alkanes of at least 4 members (excludes halogenated alkanes) is 9. The molecule has 1 aromatic rings. The Morgan fingerprint density at radius 3 is 1.85 bits per heavy atom. The monoisotopic (exact) mass is 391 g/mol. The summed E-state index contributed by atoms with van der Waals surface area (Å²) in [5.74, 6) is 0. The molecule has 0 heterocycles. The highest BCUT2D eigenvalue weighted by Crippen LogP contribution is 2.30. The van der Waals surface area contributed by atoms with Crippen molar-refractivity contribution in [3.05, 3.63) is 35.4 Å². The summed E-state index contributed by atoms with van der Waals surface area (Å²) in [5, 5.41) is 0. The molecule has 0 N–H and O–H groups in total. The van der Waals surface area contributed by atoms with E-state index in [4.69, 9.17) is 0 Å². The smallest absolute Gasteiger partial charge is 0.416 e. The van der Waals surface area contributed by atoms with Gasteiger partial charge in [-0.25, -0.2) is 0 Å². The largest absolute Gasteiger partial charge is 1.00 e. The molecule has 1 rings (SSSR count). The SMILES string of the molecule is CCCCCCCCCCCC[N+](C)(C)Cc1cccc(C(F)(F)F)c1.[F-]. The fraction of sp³-hybridized carbons (Fsp3) is 0.727. The number of alkyl halides is 3. The number of hydrogen-bond donors (Lipinski definition) is 0. The van der Waals surface area contributed by atoms with Crippen LogP contribution in [0.2, 0.25) is 0 Å². The molecule has 0 aliphatic rings. The van der Waals surface area contributed by atoms with Gasteiger partial charge in [0.25, 0.3) is 0 Å². The third kappa shape index (κ3) is 12.1. The highest BCUT2D eigenvalue weighted by atomic mass is 19.4. The van der Waals surface area contributed by atoms with E-state index in [0.29, 0.717) is 6.54 Å². The Bertz CT molecular complexity index is 497. The molecule has 0 amide bonds. The maximum absolute atomic E-state index is 12.8. The summed E-state index contributed by atoms with van der Waals surface area (Å²) in [7, 11) is 4.21. The molecular formula is C22H37F4N. The van der Waals surface area contributed by atoms with Gasteiger partial charge < -0.3 is 9.19 Å². The zero-order valence-corrected chi connectivity index (χ0v) is 17.3. The van der Waals surface area contributed by atoms with Crippen LogP contribution >= 0.6 is 0 Å². The Kier molecular flexibility index (Phi) is 12.6. The number of rotatable bonds is 13. The molecular weight excluding hydrogens is 354 g/mol. The van der Waals surface area contributed by atoms with Crippen LogP contribution in [0.25, 0.3) is 0 Å². The number of halogens is 4. The van der Waals surface area contributed by atoms with E-state index in [9.17, 15) is 13.2 Å². The molecule has 0 aromatic heterocycles. The normalized spacial score (nSPS) is 12.1. The quantitative estimate of drug-likeness (QED) is 0.268. The Balaban J connectivity index is 0.00000676. The maximum Gasteiger partial charge on any atom is 0.416 e. The summed E-state index contributed by atoms with van der Waals surface area (Å²) < 4.78 is 39.2. The molecule has 0 aliphatic heterocycles. The second-order valence-corrected chi connectivity index (χ2v) is 8.20. The fourth-order valence-corrected chi connectivity index (χ4v) is 3.45. The van der Waals surface area contributed by atoms with Crippen LogP contribution in [0, 0.1) is 0 Å². The lowest BCUT2D eigenvalue weighted by molar-refractivity contribution is -0.903. The first-order chi connectivity index (χ1) is 12.2. The molecule has 0 saturated carbocycles. The minimum absolute atomic E-state index is 0. The zero-order valence-electron chi connectivity index (χ0n) is 17.3. The van der Waals surface area contributed by atoms with E-state index in [1.54, 1.807) is 6.07 Å². The molecule has 0 unspecified atom stereocenters. The first-order valence-corrected chi connectivity index (χ1v) is 10.2. The number of quaternary nitrogens is 1. The van der Waals surface area contributed by atoms with Crippen molar-refractivity contribution in [2.75, 3.05) is 20.6 Å². The van der Waals surface area contributed by atoms with Crippen molar-refractivity contribution in [1.82, 2.24) is 0 Å². The van der Waals surface area contributed by atoms with Crippen LogP contribution in [0.5, 0.6) is 0 Å². The predicted molar refractivity (Wildman–Crippen MR) is 104 cm³/mol. The van der Waals surface area contributed by atoms with E-state index < -0.39 is 11.7 Å². The first-order valence-electron chi connectivity index (χ1n) is 10.2. The second-order valence-electron chi connectivity index (χ2n) is 8.20. The molecule has 0 fully saturated rings. The third-order valence-electron chi connectivity index (χ3n) is 4.98. The molecule has 0 atom stereocenters. The lowest BCUT2D eigenvalue weighted by Crippen LogP contribution is -3.00. The van der Waals surface area contributed by atoms with Crippen LogP contribution in [0.1, 0.15) is 82.3 Å². The van der Waals surface area contributed by atoms with Crippen molar-refractivity contribution in [2.45, 2.75) is 83.9 Å². The average Bonchev–Trinajstić information content (AvgIpc) is 2.55. The van der Waals surface area contributed by atoms with E-state index in [2.05, 4.69) is 21.0 Å². The molecule has 1 nitrogen and oxygen atoms in total. The minimum Gasteiger partial charge on any atom is -1.00 e. The summed E-state index contributed by atoms with van der Waals surface area (Å²) in [6.07, 6.45) is 8.79. The Labute approximate surface area is 162 Å². The van der Waals surface area contributed by atoms with Crippen molar-refractivity contribution < 1.29 is 22.4 Å². The van der Waals surface area contributed by atoms with Crippen LogP contribution in [-0.4, -0.2) is 25.1 Å². The molecule has 0 aliphatic carbocycles. The molecule has 5 heteroatoms. The van der Waals surface area contributed by atoms with E-state index in [-0.39, 0.29) is 4.70 Å². The van der Waals surface area contributed by atoms with Gasteiger partial charge in [0.15, 0.2) is 0 Å². The van der Waals surface area contributed by atoms with Gasteiger partial charge in [-0.2, -0.15) is 13.2 Å². The molecule has 0 radical (unpaired) electrons.